The van der Waals surface area contributed by atoms with Gasteiger partial charge in [0.15, 0.2) is 0 Å². The second-order valence-electron chi connectivity index (χ2n) is 7.44. The van der Waals surface area contributed by atoms with E-state index in [0.29, 0.717) is 18.8 Å². The van der Waals surface area contributed by atoms with E-state index < -0.39 is 23.2 Å². The third-order valence-electron chi connectivity index (χ3n) is 5.58. The average Bonchev–Trinajstić information content (AvgIpc) is 3.20. The van der Waals surface area contributed by atoms with Crippen LogP contribution in [0.25, 0.3) is 22.0 Å². The second-order valence-corrected chi connectivity index (χ2v) is 7.44. The molecule has 3 N–H and O–H groups in total. The Kier molecular flexibility index (Phi) is 3.44. The molecule has 3 aromatic rings. The van der Waals surface area contributed by atoms with E-state index in [1.54, 1.807) is 13.1 Å². The Hall–Kier alpha value is -3.16. The summed E-state index contributed by atoms with van der Waals surface area (Å²) in [5.41, 5.74) is 1.92. The zero-order chi connectivity index (χ0) is 19.5. The summed E-state index contributed by atoms with van der Waals surface area (Å²) >= 11 is 0. The van der Waals surface area contributed by atoms with Crippen LogP contribution in [0.15, 0.2) is 48.7 Å². The Balaban J connectivity index is 1.55. The maximum atomic E-state index is 12.3. The molecule has 0 radical (unpaired) electrons. The van der Waals surface area contributed by atoms with Gasteiger partial charge in [0.2, 0.25) is 5.60 Å². The fourth-order valence-electron chi connectivity index (χ4n) is 3.78. The maximum Gasteiger partial charge on any atom is 0.415 e. The number of aromatic nitrogens is 1. The predicted octanol–water partition coefficient (Wildman–Crippen LogP) is 2.53. The summed E-state index contributed by atoms with van der Waals surface area (Å²) in [4.78, 5) is 26.9. The molecule has 7 heteroatoms. The van der Waals surface area contributed by atoms with Gasteiger partial charge in [-0.25, -0.2) is 4.79 Å². The first kappa shape index (κ1) is 17.0. The van der Waals surface area contributed by atoms with Crippen LogP contribution in [0.4, 0.5) is 4.79 Å². The number of alkyl carbamates (subject to hydrolysis) is 1. The van der Waals surface area contributed by atoms with Crippen LogP contribution in [0, 0.1) is 0 Å². The summed E-state index contributed by atoms with van der Waals surface area (Å²) in [5, 5.41) is 13.4. The van der Waals surface area contributed by atoms with Gasteiger partial charge in [-0.3, -0.25) is 10.1 Å². The first-order valence-electron chi connectivity index (χ1n) is 8.96. The molecule has 2 aliphatic rings. The number of imide groups is 1. The van der Waals surface area contributed by atoms with Crippen molar-refractivity contribution in [1.29, 1.82) is 0 Å². The van der Waals surface area contributed by atoms with Crippen molar-refractivity contribution in [2.45, 2.75) is 18.1 Å². The van der Waals surface area contributed by atoms with E-state index in [4.69, 9.17) is 9.47 Å². The molecule has 5 rings (SSSR count). The maximum absolute atomic E-state index is 12.3. The van der Waals surface area contributed by atoms with Gasteiger partial charge in [-0.05, 0) is 35.7 Å². The molecular formula is C21H18N2O5. The summed E-state index contributed by atoms with van der Waals surface area (Å²) in [6.45, 7) is 2.20. The summed E-state index contributed by atoms with van der Waals surface area (Å²) in [5.74, 6) is -0.482. The van der Waals surface area contributed by atoms with E-state index in [0.717, 1.165) is 27.6 Å². The van der Waals surface area contributed by atoms with Gasteiger partial charge in [0, 0.05) is 22.7 Å². The number of benzene rings is 2. The van der Waals surface area contributed by atoms with E-state index in [1.165, 1.54) is 0 Å². The highest BCUT2D eigenvalue weighted by Crippen LogP contribution is 2.37. The van der Waals surface area contributed by atoms with Gasteiger partial charge in [-0.15, -0.1) is 0 Å². The minimum absolute atomic E-state index is 0.310. The fraction of sp³-hybridized carbons (Fsp3) is 0.238. The molecule has 1 unspecified atom stereocenters. The van der Waals surface area contributed by atoms with E-state index in [1.807, 2.05) is 42.5 Å². The number of fused-ring (bicyclic) bond motifs is 1. The second kappa shape index (κ2) is 5.67. The third kappa shape index (κ3) is 2.37. The van der Waals surface area contributed by atoms with Crippen molar-refractivity contribution in [2.75, 3.05) is 13.2 Å². The Labute approximate surface area is 160 Å². The molecular weight excluding hydrogens is 360 g/mol. The standard InChI is InChI=1S/C21H18N2O5/c1-20(18(24)23-19(25)28-20)16-9-22-17-7-4-13(8-15(16)17)12-2-5-14(6-3-12)21(26)10-27-11-21/h2-9,22,26H,10-11H2,1H3,(H,23,24,25). The van der Waals surface area contributed by atoms with Crippen LogP contribution in [0.5, 0.6) is 0 Å². The van der Waals surface area contributed by atoms with Crippen molar-refractivity contribution in [3.05, 3.63) is 59.8 Å². The smallest absolute Gasteiger partial charge is 0.415 e. The first-order chi connectivity index (χ1) is 13.4. The van der Waals surface area contributed by atoms with Gasteiger partial charge in [-0.2, -0.15) is 0 Å². The van der Waals surface area contributed by atoms with Crippen molar-refractivity contribution in [1.82, 2.24) is 10.3 Å². The molecule has 2 amide bonds. The highest BCUT2D eigenvalue weighted by Gasteiger charge is 2.47. The minimum atomic E-state index is -1.37. The SMILES string of the molecule is CC1(c2c[nH]c3ccc(-c4ccc(C5(O)COC5)cc4)cc23)OC(=O)NC1=O. The van der Waals surface area contributed by atoms with Gasteiger partial charge >= 0.3 is 6.09 Å². The molecule has 1 atom stereocenters. The predicted molar refractivity (Wildman–Crippen MR) is 100 cm³/mol. The van der Waals surface area contributed by atoms with Crippen LogP contribution in [0.1, 0.15) is 18.1 Å². The van der Waals surface area contributed by atoms with E-state index in [2.05, 4.69) is 10.3 Å². The Bertz CT molecular complexity index is 1110. The van der Waals surface area contributed by atoms with Crippen LogP contribution >= 0.6 is 0 Å². The largest absolute Gasteiger partial charge is 0.428 e. The van der Waals surface area contributed by atoms with Crippen molar-refractivity contribution in [3.8, 4) is 11.1 Å². The number of H-pyrrole nitrogens is 1. The zero-order valence-corrected chi connectivity index (χ0v) is 15.1. The average molecular weight is 378 g/mol. The number of hydrogen-bond donors (Lipinski definition) is 3. The molecule has 2 saturated heterocycles. The molecule has 7 nitrogen and oxygen atoms in total. The first-order valence-corrected chi connectivity index (χ1v) is 8.96. The lowest BCUT2D eigenvalue weighted by Crippen LogP contribution is -2.46. The number of carbonyl (C=O) groups is 2. The van der Waals surface area contributed by atoms with Crippen LogP contribution in [-0.2, 0) is 25.5 Å². The summed E-state index contributed by atoms with van der Waals surface area (Å²) in [7, 11) is 0. The minimum Gasteiger partial charge on any atom is -0.428 e. The van der Waals surface area contributed by atoms with Crippen LogP contribution in [0.2, 0.25) is 0 Å². The van der Waals surface area contributed by atoms with E-state index in [9.17, 15) is 14.7 Å². The van der Waals surface area contributed by atoms with Crippen LogP contribution < -0.4 is 5.32 Å². The Morgan fingerprint density at radius 1 is 1.04 bits per heavy atom. The van der Waals surface area contributed by atoms with Gasteiger partial charge in [-0.1, -0.05) is 30.3 Å². The number of carbonyl (C=O) groups excluding carboxylic acids is 2. The molecule has 2 aliphatic heterocycles. The van der Waals surface area contributed by atoms with Gasteiger partial charge in [0.25, 0.3) is 5.91 Å². The molecule has 142 valence electrons. The third-order valence-corrected chi connectivity index (χ3v) is 5.58. The molecule has 0 bridgehead atoms. The zero-order valence-electron chi connectivity index (χ0n) is 15.1. The highest BCUT2D eigenvalue weighted by atomic mass is 16.6. The van der Waals surface area contributed by atoms with Crippen LogP contribution in [0.3, 0.4) is 0 Å². The summed E-state index contributed by atoms with van der Waals surface area (Å²) in [6, 6.07) is 13.5. The van der Waals surface area contributed by atoms with Gasteiger partial charge in [0.1, 0.15) is 5.60 Å². The van der Waals surface area contributed by atoms with Gasteiger partial charge in [0.05, 0.1) is 13.2 Å². The molecule has 2 fully saturated rings. The van der Waals surface area contributed by atoms with Crippen molar-refractivity contribution < 1.29 is 24.2 Å². The van der Waals surface area contributed by atoms with Gasteiger partial charge < -0.3 is 19.6 Å². The number of hydrogen-bond acceptors (Lipinski definition) is 5. The Morgan fingerprint density at radius 2 is 1.75 bits per heavy atom. The molecule has 2 aromatic carbocycles. The molecule has 0 aliphatic carbocycles. The van der Waals surface area contributed by atoms with Crippen molar-refractivity contribution in [2.24, 2.45) is 0 Å². The molecule has 0 spiro atoms. The van der Waals surface area contributed by atoms with E-state index >= 15 is 0 Å². The monoisotopic (exact) mass is 378 g/mol. The lowest BCUT2D eigenvalue weighted by molar-refractivity contribution is -0.184. The number of aliphatic hydroxyl groups is 1. The molecule has 3 heterocycles. The van der Waals surface area contributed by atoms with E-state index in [-0.39, 0.29) is 0 Å². The lowest BCUT2D eigenvalue weighted by Gasteiger charge is -2.36. The summed E-state index contributed by atoms with van der Waals surface area (Å²) in [6.07, 6.45) is 0.952. The summed E-state index contributed by atoms with van der Waals surface area (Å²) < 4.78 is 10.4. The molecule has 28 heavy (non-hydrogen) atoms. The number of amides is 2. The topological polar surface area (TPSA) is 101 Å². The number of nitrogens with one attached hydrogen (secondary N) is 2. The Morgan fingerprint density at radius 3 is 2.36 bits per heavy atom. The number of rotatable bonds is 3. The quantitative estimate of drug-likeness (QED) is 0.650. The van der Waals surface area contributed by atoms with Crippen molar-refractivity contribution >= 4 is 22.9 Å². The lowest BCUT2D eigenvalue weighted by atomic mass is 9.90. The highest BCUT2D eigenvalue weighted by molar-refractivity contribution is 6.05. The fourth-order valence-corrected chi connectivity index (χ4v) is 3.78. The van der Waals surface area contributed by atoms with Crippen molar-refractivity contribution in [3.63, 3.8) is 0 Å². The number of cyclic esters (lactones) is 1. The number of ether oxygens (including phenoxy) is 2. The number of aromatic amines is 1. The van der Waals surface area contributed by atoms with Crippen LogP contribution in [-0.4, -0.2) is 35.3 Å². The normalized spacial score (nSPS) is 23.4. The molecule has 1 aromatic heterocycles. The molecule has 0 saturated carbocycles.